The van der Waals surface area contributed by atoms with Crippen molar-refractivity contribution in [1.82, 2.24) is 14.6 Å². The maximum Gasteiger partial charge on any atom is 0.284 e. The minimum absolute atomic E-state index is 0.289. The molecule has 0 saturated heterocycles. The van der Waals surface area contributed by atoms with E-state index in [9.17, 15) is 4.79 Å². The van der Waals surface area contributed by atoms with Crippen LogP contribution in [0.3, 0.4) is 0 Å². The number of anilines is 1. The molecule has 0 spiro atoms. The van der Waals surface area contributed by atoms with Crippen LogP contribution < -0.4 is 15.9 Å². The zero-order chi connectivity index (χ0) is 23.7. The predicted molar refractivity (Wildman–Crippen MR) is 136 cm³/mol. The molecule has 9 heteroatoms. The Morgan fingerprint density at radius 1 is 1.12 bits per heavy atom. The van der Waals surface area contributed by atoms with E-state index >= 15 is 0 Å². The molecular weight excluding hydrogens is 470 g/mol. The summed E-state index contributed by atoms with van der Waals surface area (Å²) in [6.07, 6.45) is 2.98. The summed E-state index contributed by atoms with van der Waals surface area (Å²) in [7, 11) is 0. The third kappa shape index (κ3) is 4.33. The highest BCUT2D eigenvalue weighted by molar-refractivity contribution is 7.12. The molecule has 3 N–H and O–H groups in total. The molecular formula is C25H20ClN5O2S. The van der Waals surface area contributed by atoms with Crippen LogP contribution in [0.25, 0.3) is 22.2 Å². The number of benzene rings is 2. The van der Waals surface area contributed by atoms with Gasteiger partial charge in [0.1, 0.15) is 28.9 Å². The SMILES string of the molecule is C[C@@H](Oc1ccsc1C(=O)Nn1cnc2cc(-c3ccc(N)nc3)ccc21)c1ccccc1Cl. The Hall–Kier alpha value is -3.88. The summed E-state index contributed by atoms with van der Waals surface area (Å²) in [6, 6.07) is 18.7. The van der Waals surface area contributed by atoms with E-state index in [4.69, 9.17) is 22.1 Å². The Morgan fingerprint density at radius 3 is 2.74 bits per heavy atom. The second-order valence-corrected chi connectivity index (χ2v) is 8.95. The first-order chi connectivity index (χ1) is 16.5. The molecule has 1 amide bonds. The molecule has 0 saturated carbocycles. The van der Waals surface area contributed by atoms with E-state index in [0.29, 0.717) is 21.5 Å². The summed E-state index contributed by atoms with van der Waals surface area (Å²) in [5.41, 5.74) is 12.8. The zero-order valence-electron chi connectivity index (χ0n) is 18.1. The molecule has 3 heterocycles. The third-order valence-corrected chi connectivity index (χ3v) is 6.61. The maximum absolute atomic E-state index is 13.1. The van der Waals surface area contributed by atoms with Gasteiger partial charge < -0.3 is 10.5 Å². The number of ether oxygens (including phenoxy) is 1. The number of pyridine rings is 1. The Kier molecular flexibility index (Phi) is 5.91. The number of thiophene rings is 1. The van der Waals surface area contributed by atoms with E-state index in [0.717, 1.165) is 27.7 Å². The molecule has 0 radical (unpaired) electrons. The van der Waals surface area contributed by atoms with Crippen molar-refractivity contribution >= 4 is 45.7 Å². The number of nitrogens with two attached hydrogens (primary N) is 1. The lowest BCUT2D eigenvalue weighted by atomic mass is 10.1. The van der Waals surface area contributed by atoms with Crippen molar-refractivity contribution < 1.29 is 9.53 Å². The molecule has 5 aromatic rings. The predicted octanol–water partition coefficient (Wildman–Crippen LogP) is 5.92. The van der Waals surface area contributed by atoms with Crippen LogP contribution in [0, 0.1) is 0 Å². The number of rotatable bonds is 6. The number of hydrogen-bond acceptors (Lipinski definition) is 6. The van der Waals surface area contributed by atoms with Crippen LogP contribution in [0.1, 0.15) is 28.3 Å². The van der Waals surface area contributed by atoms with Crippen molar-refractivity contribution in [2.24, 2.45) is 0 Å². The summed E-state index contributed by atoms with van der Waals surface area (Å²) < 4.78 is 7.68. The van der Waals surface area contributed by atoms with E-state index in [1.54, 1.807) is 29.3 Å². The average Bonchev–Trinajstić information content (AvgIpc) is 3.46. The monoisotopic (exact) mass is 489 g/mol. The van der Waals surface area contributed by atoms with Crippen molar-refractivity contribution in [3.05, 3.63) is 94.0 Å². The van der Waals surface area contributed by atoms with Crippen LogP contribution >= 0.6 is 22.9 Å². The quantitative estimate of drug-likeness (QED) is 0.308. The standard InChI is InChI=1S/C25H20ClN5O2S/c1-15(18-4-2-3-5-19(18)26)33-22-10-11-34-24(22)25(32)30-31-14-29-20-12-16(6-8-21(20)31)17-7-9-23(27)28-13-17/h2-15H,1H3,(H2,27,28)(H,30,32)/t15-/m1/s1. The molecule has 0 fully saturated rings. The minimum Gasteiger partial charge on any atom is -0.484 e. The molecule has 2 aromatic carbocycles. The van der Waals surface area contributed by atoms with Crippen molar-refractivity contribution in [2.45, 2.75) is 13.0 Å². The number of carbonyl (C=O) groups excluding carboxylic acids is 1. The summed E-state index contributed by atoms with van der Waals surface area (Å²) in [6.45, 7) is 1.90. The summed E-state index contributed by atoms with van der Waals surface area (Å²) in [4.78, 5) is 22.1. The van der Waals surface area contributed by atoms with E-state index in [-0.39, 0.29) is 12.0 Å². The van der Waals surface area contributed by atoms with Crippen LogP contribution in [0.2, 0.25) is 5.02 Å². The number of nitrogens with zero attached hydrogens (tertiary/aromatic N) is 3. The van der Waals surface area contributed by atoms with E-state index in [2.05, 4.69) is 15.4 Å². The second kappa shape index (κ2) is 9.17. The topological polar surface area (TPSA) is 95.1 Å². The van der Waals surface area contributed by atoms with Crippen LogP contribution in [-0.2, 0) is 0 Å². The summed E-state index contributed by atoms with van der Waals surface area (Å²) in [5.74, 6) is 0.676. The molecule has 0 aliphatic rings. The fraction of sp³-hybridized carbons (Fsp3) is 0.0800. The first kappa shape index (κ1) is 21.9. The molecule has 1 atom stereocenters. The smallest absolute Gasteiger partial charge is 0.284 e. The van der Waals surface area contributed by atoms with Gasteiger partial charge in [0.05, 0.1) is 11.0 Å². The number of amides is 1. The van der Waals surface area contributed by atoms with Gasteiger partial charge in [-0.05, 0) is 54.3 Å². The van der Waals surface area contributed by atoms with E-state index in [1.807, 2.05) is 60.8 Å². The van der Waals surface area contributed by atoms with E-state index in [1.165, 1.54) is 11.3 Å². The Balaban J connectivity index is 1.35. The van der Waals surface area contributed by atoms with Gasteiger partial charge in [0.25, 0.3) is 5.91 Å². The van der Waals surface area contributed by atoms with Crippen LogP contribution in [0.15, 0.2) is 78.6 Å². The van der Waals surface area contributed by atoms with Gasteiger partial charge in [0, 0.05) is 22.3 Å². The Bertz CT molecular complexity index is 1480. The number of halogens is 1. The molecule has 0 unspecified atom stereocenters. The largest absolute Gasteiger partial charge is 0.484 e. The van der Waals surface area contributed by atoms with Crippen LogP contribution in [0.4, 0.5) is 5.82 Å². The highest BCUT2D eigenvalue weighted by Crippen LogP contribution is 2.32. The number of imidazole rings is 1. The van der Waals surface area contributed by atoms with Crippen molar-refractivity contribution in [2.75, 3.05) is 11.2 Å². The molecule has 7 nitrogen and oxygen atoms in total. The van der Waals surface area contributed by atoms with Crippen molar-refractivity contribution in [1.29, 1.82) is 0 Å². The van der Waals surface area contributed by atoms with Crippen LogP contribution in [-0.4, -0.2) is 20.6 Å². The number of aromatic nitrogens is 3. The molecule has 0 bridgehead atoms. The second-order valence-electron chi connectivity index (χ2n) is 7.63. The summed E-state index contributed by atoms with van der Waals surface area (Å²) >= 11 is 7.60. The van der Waals surface area contributed by atoms with Crippen molar-refractivity contribution in [3.8, 4) is 16.9 Å². The highest BCUT2D eigenvalue weighted by atomic mass is 35.5. The average molecular weight is 490 g/mol. The van der Waals surface area contributed by atoms with Gasteiger partial charge in [-0.25, -0.2) is 14.6 Å². The third-order valence-electron chi connectivity index (χ3n) is 5.37. The number of fused-ring (bicyclic) bond motifs is 1. The summed E-state index contributed by atoms with van der Waals surface area (Å²) in [5, 5.41) is 2.44. The van der Waals surface area contributed by atoms with Crippen LogP contribution in [0.5, 0.6) is 5.75 Å². The molecule has 0 aliphatic carbocycles. The number of hydrogen-bond donors (Lipinski definition) is 2. The fourth-order valence-corrected chi connectivity index (χ4v) is 4.63. The highest BCUT2D eigenvalue weighted by Gasteiger charge is 2.19. The zero-order valence-corrected chi connectivity index (χ0v) is 19.7. The number of carbonyl (C=O) groups is 1. The normalized spacial score (nSPS) is 11.9. The van der Waals surface area contributed by atoms with Gasteiger partial charge >= 0.3 is 0 Å². The lowest BCUT2D eigenvalue weighted by Gasteiger charge is -2.16. The molecule has 0 aliphatic heterocycles. The Morgan fingerprint density at radius 2 is 1.94 bits per heavy atom. The van der Waals surface area contributed by atoms with Gasteiger partial charge in [-0.1, -0.05) is 35.9 Å². The molecule has 3 aromatic heterocycles. The number of nitrogens with one attached hydrogen (secondary N) is 1. The fourth-order valence-electron chi connectivity index (χ4n) is 3.63. The van der Waals surface area contributed by atoms with Gasteiger partial charge in [0.15, 0.2) is 0 Å². The van der Waals surface area contributed by atoms with Gasteiger partial charge in [0.2, 0.25) is 0 Å². The molecule has 5 rings (SSSR count). The first-order valence-corrected chi connectivity index (χ1v) is 11.7. The lowest BCUT2D eigenvalue weighted by Crippen LogP contribution is -2.22. The van der Waals surface area contributed by atoms with Gasteiger partial charge in [-0.15, -0.1) is 11.3 Å². The van der Waals surface area contributed by atoms with Gasteiger partial charge in [-0.2, -0.15) is 0 Å². The van der Waals surface area contributed by atoms with E-state index < -0.39 is 0 Å². The first-order valence-electron chi connectivity index (χ1n) is 10.5. The van der Waals surface area contributed by atoms with Crippen molar-refractivity contribution in [3.63, 3.8) is 0 Å². The lowest BCUT2D eigenvalue weighted by molar-refractivity contribution is 0.101. The minimum atomic E-state index is -0.315. The number of nitrogen functional groups attached to an aromatic ring is 1. The molecule has 170 valence electrons. The molecule has 34 heavy (non-hydrogen) atoms. The Labute approximate surface area is 204 Å². The maximum atomic E-state index is 13.1. The van der Waals surface area contributed by atoms with Gasteiger partial charge in [-0.3, -0.25) is 10.2 Å².